The number of nitrogens with zero attached hydrogens (tertiary/aromatic N) is 2. The Morgan fingerprint density at radius 2 is 1.62 bits per heavy atom. The largest absolute Gasteiger partial charge is 0.338 e. The standard InChI is InChI=1S/C16H22ClN3O3S/c17-14-3-5-15(6-4-14)24(22,23)20-11-9-18(10-12-20)13-16(21)19-7-1-2-8-19/h3-6H,1-2,7-13H2/p+1. The van der Waals surface area contributed by atoms with Gasteiger partial charge in [0.1, 0.15) is 0 Å². The average molecular weight is 373 g/mol. The van der Waals surface area contributed by atoms with Crippen LogP contribution in [0.3, 0.4) is 0 Å². The second-order valence-electron chi connectivity index (χ2n) is 6.37. The smallest absolute Gasteiger partial charge is 0.277 e. The van der Waals surface area contributed by atoms with E-state index >= 15 is 0 Å². The van der Waals surface area contributed by atoms with Gasteiger partial charge in [-0.15, -0.1) is 0 Å². The van der Waals surface area contributed by atoms with E-state index in [0.29, 0.717) is 37.7 Å². The Kier molecular flexibility index (Phi) is 5.44. The SMILES string of the molecule is O=C(C[NH+]1CCN(S(=O)(=O)c2ccc(Cl)cc2)CC1)N1CCCC1. The summed E-state index contributed by atoms with van der Waals surface area (Å²) >= 11 is 5.82. The summed E-state index contributed by atoms with van der Waals surface area (Å²) in [6.07, 6.45) is 2.18. The van der Waals surface area contributed by atoms with Gasteiger partial charge in [-0.3, -0.25) is 4.79 Å². The summed E-state index contributed by atoms with van der Waals surface area (Å²) < 4.78 is 26.8. The highest BCUT2D eigenvalue weighted by molar-refractivity contribution is 7.89. The van der Waals surface area contributed by atoms with Crippen LogP contribution in [-0.2, 0) is 14.8 Å². The van der Waals surface area contributed by atoms with E-state index in [0.717, 1.165) is 30.8 Å². The summed E-state index contributed by atoms with van der Waals surface area (Å²) in [7, 11) is -3.48. The number of halogens is 1. The van der Waals surface area contributed by atoms with Crippen molar-refractivity contribution in [3.8, 4) is 0 Å². The van der Waals surface area contributed by atoms with Gasteiger partial charge in [0.2, 0.25) is 10.0 Å². The normalized spacial score (nSPS) is 20.5. The zero-order chi connectivity index (χ0) is 17.2. The van der Waals surface area contributed by atoms with Gasteiger partial charge in [0, 0.05) is 18.1 Å². The lowest BCUT2D eigenvalue weighted by Gasteiger charge is -2.31. The molecule has 2 aliphatic heterocycles. The Morgan fingerprint density at radius 1 is 1.04 bits per heavy atom. The molecular weight excluding hydrogens is 350 g/mol. The van der Waals surface area contributed by atoms with Gasteiger partial charge >= 0.3 is 0 Å². The van der Waals surface area contributed by atoms with Crippen molar-refractivity contribution in [2.45, 2.75) is 17.7 Å². The molecule has 2 fully saturated rings. The molecule has 132 valence electrons. The lowest BCUT2D eigenvalue weighted by Crippen LogP contribution is -3.15. The van der Waals surface area contributed by atoms with Gasteiger partial charge in [-0.1, -0.05) is 11.6 Å². The molecule has 0 aromatic heterocycles. The summed E-state index contributed by atoms with van der Waals surface area (Å²) in [4.78, 5) is 15.6. The molecule has 2 heterocycles. The van der Waals surface area contributed by atoms with Crippen LogP contribution in [0.5, 0.6) is 0 Å². The summed E-state index contributed by atoms with van der Waals surface area (Å²) in [6, 6.07) is 6.25. The minimum absolute atomic E-state index is 0.191. The number of amides is 1. The fraction of sp³-hybridized carbons (Fsp3) is 0.562. The van der Waals surface area contributed by atoms with Crippen LogP contribution in [0.4, 0.5) is 0 Å². The number of carbonyl (C=O) groups excluding carboxylic acids is 1. The summed E-state index contributed by atoms with van der Waals surface area (Å²) in [5, 5.41) is 0.517. The van der Waals surface area contributed by atoms with E-state index < -0.39 is 10.0 Å². The molecule has 0 radical (unpaired) electrons. The molecule has 0 atom stereocenters. The molecule has 2 saturated heterocycles. The molecule has 0 unspecified atom stereocenters. The fourth-order valence-corrected chi connectivity index (χ4v) is 4.83. The van der Waals surface area contributed by atoms with E-state index in [2.05, 4.69) is 0 Å². The van der Waals surface area contributed by atoms with Crippen molar-refractivity contribution in [1.82, 2.24) is 9.21 Å². The second-order valence-corrected chi connectivity index (χ2v) is 8.75. The lowest BCUT2D eigenvalue weighted by molar-refractivity contribution is -0.896. The van der Waals surface area contributed by atoms with Gasteiger partial charge in [-0.25, -0.2) is 8.42 Å². The van der Waals surface area contributed by atoms with Gasteiger partial charge in [-0.05, 0) is 37.1 Å². The maximum atomic E-state index is 12.6. The zero-order valence-electron chi connectivity index (χ0n) is 13.6. The molecule has 0 aliphatic carbocycles. The molecule has 2 aliphatic rings. The number of quaternary nitrogens is 1. The van der Waals surface area contributed by atoms with Gasteiger partial charge < -0.3 is 9.80 Å². The van der Waals surface area contributed by atoms with E-state index in [1.807, 2.05) is 4.90 Å². The number of carbonyl (C=O) groups is 1. The van der Waals surface area contributed by atoms with Gasteiger partial charge in [0.05, 0.1) is 31.1 Å². The predicted octanol–water partition coefficient (Wildman–Crippen LogP) is -0.148. The molecule has 1 aromatic rings. The van der Waals surface area contributed by atoms with Crippen LogP contribution in [0, 0.1) is 0 Å². The molecule has 1 aromatic carbocycles. The minimum Gasteiger partial charge on any atom is -0.338 e. The van der Waals surface area contributed by atoms with Crippen LogP contribution in [0.2, 0.25) is 5.02 Å². The van der Waals surface area contributed by atoms with Crippen molar-refractivity contribution < 1.29 is 18.1 Å². The molecule has 0 spiro atoms. The van der Waals surface area contributed by atoms with Crippen LogP contribution in [0.1, 0.15) is 12.8 Å². The van der Waals surface area contributed by atoms with E-state index in [-0.39, 0.29) is 10.8 Å². The first kappa shape index (κ1) is 17.7. The van der Waals surface area contributed by atoms with E-state index in [1.54, 1.807) is 12.1 Å². The van der Waals surface area contributed by atoms with Crippen molar-refractivity contribution in [2.75, 3.05) is 45.8 Å². The predicted molar refractivity (Wildman–Crippen MR) is 91.6 cm³/mol. The quantitative estimate of drug-likeness (QED) is 0.799. The molecule has 1 amide bonds. The number of rotatable bonds is 4. The highest BCUT2D eigenvalue weighted by Crippen LogP contribution is 2.18. The average Bonchev–Trinajstić information content (AvgIpc) is 3.10. The number of nitrogens with one attached hydrogen (secondary N) is 1. The zero-order valence-corrected chi connectivity index (χ0v) is 15.2. The Labute approximate surface area is 148 Å². The topological polar surface area (TPSA) is 62.1 Å². The highest BCUT2D eigenvalue weighted by atomic mass is 35.5. The molecular formula is C16H23ClN3O3S+. The minimum atomic E-state index is -3.48. The summed E-state index contributed by atoms with van der Waals surface area (Å²) in [5.74, 6) is 0.191. The molecule has 24 heavy (non-hydrogen) atoms. The summed E-state index contributed by atoms with van der Waals surface area (Å²) in [5.41, 5.74) is 0. The van der Waals surface area contributed by atoms with E-state index in [4.69, 9.17) is 11.6 Å². The maximum Gasteiger partial charge on any atom is 0.277 e. The molecule has 1 N–H and O–H groups in total. The van der Waals surface area contributed by atoms with Crippen LogP contribution < -0.4 is 4.90 Å². The third-order valence-electron chi connectivity index (χ3n) is 4.74. The summed E-state index contributed by atoms with van der Waals surface area (Å²) in [6.45, 7) is 4.39. The van der Waals surface area contributed by atoms with Gasteiger partial charge in [-0.2, -0.15) is 4.31 Å². The number of sulfonamides is 1. The second kappa shape index (κ2) is 7.39. The van der Waals surface area contributed by atoms with Crippen LogP contribution in [0.15, 0.2) is 29.2 Å². The van der Waals surface area contributed by atoms with Crippen LogP contribution in [-0.4, -0.2) is 69.3 Å². The fourth-order valence-electron chi connectivity index (χ4n) is 3.27. The third-order valence-corrected chi connectivity index (χ3v) is 6.91. The number of piperazine rings is 1. The van der Waals surface area contributed by atoms with Crippen LogP contribution in [0.25, 0.3) is 0 Å². The number of benzene rings is 1. The van der Waals surface area contributed by atoms with Crippen molar-refractivity contribution in [2.24, 2.45) is 0 Å². The first-order valence-corrected chi connectivity index (χ1v) is 10.2. The Morgan fingerprint density at radius 3 is 2.21 bits per heavy atom. The van der Waals surface area contributed by atoms with E-state index in [9.17, 15) is 13.2 Å². The van der Waals surface area contributed by atoms with Crippen molar-refractivity contribution in [3.63, 3.8) is 0 Å². The number of hydrogen-bond acceptors (Lipinski definition) is 3. The molecule has 0 bridgehead atoms. The molecule has 8 heteroatoms. The van der Waals surface area contributed by atoms with Gasteiger partial charge in [0.15, 0.2) is 6.54 Å². The van der Waals surface area contributed by atoms with E-state index in [1.165, 1.54) is 16.4 Å². The molecule has 6 nitrogen and oxygen atoms in total. The van der Waals surface area contributed by atoms with Crippen molar-refractivity contribution in [1.29, 1.82) is 0 Å². The number of likely N-dealkylation sites (tertiary alicyclic amines) is 1. The number of hydrogen-bond donors (Lipinski definition) is 1. The highest BCUT2D eigenvalue weighted by Gasteiger charge is 2.32. The monoisotopic (exact) mass is 372 g/mol. The Balaban J connectivity index is 1.56. The van der Waals surface area contributed by atoms with Crippen molar-refractivity contribution in [3.05, 3.63) is 29.3 Å². The van der Waals surface area contributed by atoms with Crippen molar-refractivity contribution >= 4 is 27.5 Å². The third kappa shape index (κ3) is 3.91. The van der Waals surface area contributed by atoms with Crippen LogP contribution >= 0.6 is 11.6 Å². The Bertz CT molecular complexity index is 679. The molecule has 0 saturated carbocycles. The first-order valence-electron chi connectivity index (χ1n) is 8.34. The Hall–Kier alpha value is -1.15. The lowest BCUT2D eigenvalue weighted by atomic mass is 10.3. The first-order chi connectivity index (χ1) is 11.5. The van der Waals surface area contributed by atoms with Gasteiger partial charge in [0.25, 0.3) is 5.91 Å². The maximum absolute atomic E-state index is 12.6. The molecule has 3 rings (SSSR count).